The van der Waals surface area contributed by atoms with Gasteiger partial charge in [-0.15, -0.1) is 0 Å². The van der Waals surface area contributed by atoms with Gasteiger partial charge in [-0.25, -0.2) is 4.79 Å². The molecule has 94 valence electrons. The number of aliphatic hydroxyl groups is 1. The van der Waals surface area contributed by atoms with Crippen molar-refractivity contribution in [3.8, 4) is 5.75 Å². The largest absolute Gasteiger partial charge is 0.497 e. The zero-order chi connectivity index (χ0) is 12.5. The lowest BCUT2D eigenvalue weighted by Crippen LogP contribution is -2.35. The van der Waals surface area contributed by atoms with Crippen LogP contribution in [0.2, 0.25) is 0 Å². The van der Waals surface area contributed by atoms with E-state index < -0.39 is 0 Å². The molecule has 5 nitrogen and oxygen atoms in total. The van der Waals surface area contributed by atoms with Gasteiger partial charge in [0.1, 0.15) is 5.75 Å². The fourth-order valence-corrected chi connectivity index (χ4v) is 1.27. The molecule has 0 aliphatic rings. The molecule has 0 spiro atoms. The number of methoxy groups -OCH3 is 1. The number of carbonyl (C=O) groups excluding carboxylic acids is 1. The third kappa shape index (κ3) is 5.21. The van der Waals surface area contributed by atoms with Crippen molar-refractivity contribution >= 4 is 6.03 Å². The maximum atomic E-state index is 11.3. The molecule has 3 N–H and O–H groups in total. The summed E-state index contributed by atoms with van der Waals surface area (Å²) in [6.07, 6.45) is 0.565. The minimum atomic E-state index is -0.228. The van der Waals surface area contributed by atoms with Gasteiger partial charge in [0.2, 0.25) is 0 Å². The summed E-state index contributed by atoms with van der Waals surface area (Å²) in [6.45, 7) is 1.03. The van der Waals surface area contributed by atoms with Gasteiger partial charge >= 0.3 is 6.03 Å². The number of hydrogen-bond acceptors (Lipinski definition) is 3. The molecule has 0 fully saturated rings. The monoisotopic (exact) mass is 238 g/mol. The number of aliphatic hydroxyl groups excluding tert-OH is 1. The van der Waals surface area contributed by atoms with Crippen molar-refractivity contribution in [2.75, 3.05) is 20.3 Å². The number of ether oxygens (including phenoxy) is 1. The van der Waals surface area contributed by atoms with Crippen molar-refractivity contribution in [2.24, 2.45) is 0 Å². The second kappa shape index (κ2) is 7.51. The average Bonchev–Trinajstić information content (AvgIpc) is 2.37. The predicted molar refractivity (Wildman–Crippen MR) is 64.9 cm³/mol. The molecule has 0 radical (unpaired) electrons. The molecule has 17 heavy (non-hydrogen) atoms. The normalized spacial score (nSPS) is 9.76. The number of benzene rings is 1. The zero-order valence-corrected chi connectivity index (χ0v) is 9.90. The molecule has 0 aliphatic heterocycles. The second-order valence-corrected chi connectivity index (χ2v) is 3.53. The van der Waals surface area contributed by atoms with Gasteiger partial charge in [-0.1, -0.05) is 12.1 Å². The van der Waals surface area contributed by atoms with E-state index in [0.29, 0.717) is 19.5 Å². The molecule has 0 saturated heterocycles. The maximum Gasteiger partial charge on any atom is 0.315 e. The molecule has 0 atom stereocenters. The van der Waals surface area contributed by atoms with Crippen LogP contribution in [-0.4, -0.2) is 31.4 Å². The van der Waals surface area contributed by atoms with Crippen LogP contribution in [0.4, 0.5) is 4.79 Å². The predicted octanol–water partition coefficient (Wildman–Crippen LogP) is 0.877. The Kier molecular flexibility index (Phi) is 5.88. The number of nitrogens with one attached hydrogen (secondary N) is 2. The summed E-state index contributed by atoms with van der Waals surface area (Å²) in [4.78, 5) is 11.3. The Hall–Kier alpha value is -1.75. The van der Waals surface area contributed by atoms with E-state index in [0.717, 1.165) is 11.3 Å². The van der Waals surface area contributed by atoms with Gasteiger partial charge < -0.3 is 20.5 Å². The lowest BCUT2D eigenvalue weighted by Gasteiger charge is -2.07. The summed E-state index contributed by atoms with van der Waals surface area (Å²) in [5, 5.41) is 13.9. The number of hydrogen-bond donors (Lipinski definition) is 3. The van der Waals surface area contributed by atoms with E-state index in [1.165, 1.54) is 0 Å². The summed E-state index contributed by atoms with van der Waals surface area (Å²) >= 11 is 0. The first kappa shape index (κ1) is 13.3. The maximum absolute atomic E-state index is 11.3. The molecule has 1 rings (SSSR count). The van der Waals surface area contributed by atoms with Crippen molar-refractivity contribution in [3.05, 3.63) is 29.8 Å². The van der Waals surface area contributed by atoms with Gasteiger partial charge in [-0.05, 0) is 24.1 Å². The molecule has 2 amide bonds. The second-order valence-electron chi connectivity index (χ2n) is 3.53. The number of urea groups is 1. The van der Waals surface area contributed by atoms with E-state index in [-0.39, 0.29) is 12.6 Å². The highest BCUT2D eigenvalue weighted by molar-refractivity contribution is 5.73. The van der Waals surface area contributed by atoms with Gasteiger partial charge in [0.05, 0.1) is 7.11 Å². The highest BCUT2D eigenvalue weighted by Gasteiger charge is 1.99. The minimum absolute atomic E-state index is 0.0821. The summed E-state index contributed by atoms with van der Waals surface area (Å²) in [5.41, 5.74) is 1.00. The summed E-state index contributed by atoms with van der Waals surface area (Å²) in [5.74, 6) is 0.793. The number of carbonyl (C=O) groups is 1. The molecule has 5 heteroatoms. The topological polar surface area (TPSA) is 70.6 Å². The van der Waals surface area contributed by atoms with E-state index in [2.05, 4.69) is 10.6 Å². The third-order valence-electron chi connectivity index (χ3n) is 2.23. The van der Waals surface area contributed by atoms with Crippen LogP contribution in [0, 0.1) is 0 Å². The van der Waals surface area contributed by atoms with Crippen molar-refractivity contribution in [1.29, 1.82) is 0 Å². The fourth-order valence-electron chi connectivity index (χ4n) is 1.27. The van der Waals surface area contributed by atoms with Crippen LogP contribution in [0.5, 0.6) is 5.75 Å². The van der Waals surface area contributed by atoms with Crippen molar-refractivity contribution < 1.29 is 14.6 Å². The Morgan fingerprint density at radius 1 is 1.29 bits per heavy atom. The zero-order valence-electron chi connectivity index (χ0n) is 9.90. The van der Waals surface area contributed by atoms with E-state index in [4.69, 9.17) is 9.84 Å². The molecule has 0 heterocycles. The number of amides is 2. The minimum Gasteiger partial charge on any atom is -0.497 e. The Bertz CT molecular complexity index is 338. The smallest absolute Gasteiger partial charge is 0.315 e. The first-order valence-electron chi connectivity index (χ1n) is 5.51. The Balaban J connectivity index is 2.27. The molecule has 1 aromatic carbocycles. The molecular weight excluding hydrogens is 220 g/mol. The molecular formula is C12H18N2O3. The van der Waals surface area contributed by atoms with Gasteiger partial charge in [0.25, 0.3) is 0 Å². The number of rotatable bonds is 6. The van der Waals surface area contributed by atoms with Crippen LogP contribution in [0.3, 0.4) is 0 Å². The van der Waals surface area contributed by atoms with Gasteiger partial charge in [0.15, 0.2) is 0 Å². The summed E-state index contributed by atoms with van der Waals surface area (Å²) in [7, 11) is 1.61. The van der Waals surface area contributed by atoms with E-state index in [1.807, 2.05) is 24.3 Å². The lowest BCUT2D eigenvalue weighted by atomic mass is 10.2. The summed E-state index contributed by atoms with van der Waals surface area (Å²) < 4.78 is 5.04. The van der Waals surface area contributed by atoms with Crippen LogP contribution < -0.4 is 15.4 Å². The van der Waals surface area contributed by atoms with E-state index in [9.17, 15) is 4.79 Å². The van der Waals surface area contributed by atoms with Gasteiger partial charge in [0, 0.05) is 19.7 Å². The first-order chi connectivity index (χ1) is 8.26. The molecule has 0 unspecified atom stereocenters. The third-order valence-corrected chi connectivity index (χ3v) is 2.23. The Morgan fingerprint density at radius 2 is 2.00 bits per heavy atom. The standard InChI is InChI=1S/C12H18N2O3/c1-17-11-5-3-10(4-6-11)9-14-12(16)13-7-2-8-15/h3-6,15H,2,7-9H2,1H3,(H2,13,14,16). The molecule has 0 aliphatic carbocycles. The quantitative estimate of drug-likeness (QED) is 0.644. The van der Waals surface area contributed by atoms with Crippen LogP contribution >= 0.6 is 0 Å². The first-order valence-corrected chi connectivity index (χ1v) is 5.51. The highest BCUT2D eigenvalue weighted by Crippen LogP contribution is 2.10. The van der Waals surface area contributed by atoms with E-state index >= 15 is 0 Å². The van der Waals surface area contributed by atoms with Crippen molar-refractivity contribution in [2.45, 2.75) is 13.0 Å². The molecule has 0 aromatic heterocycles. The highest BCUT2D eigenvalue weighted by atomic mass is 16.5. The summed E-state index contributed by atoms with van der Waals surface area (Å²) in [6, 6.07) is 7.26. The van der Waals surface area contributed by atoms with Crippen LogP contribution in [-0.2, 0) is 6.54 Å². The average molecular weight is 238 g/mol. The van der Waals surface area contributed by atoms with Gasteiger partial charge in [-0.2, -0.15) is 0 Å². The van der Waals surface area contributed by atoms with Crippen molar-refractivity contribution in [3.63, 3.8) is 0 Å². The lowest BCUT2D eigenvalue weighted by molar-refractivity contribution is 0.237. The van der Waals surface area contributed by atoms with Crippen LogP contribution in [0.15, 0.2) is 24.3 Å². The molecule has 0 bridgehead atoms. The fraction of sp³-hybridized carbons (Fsp3) is 0.417. The Morgan fingerprint density at radius 3 is 2.59 bits per heavy atom. The van der Waals surface area contributed by atoms with Crippen molar-refractivity contribution in [1.82, 2.24) is 10.6 Å². The molecule has 1 aromatic rings. The van der Waals surface area contributed by atoms with Crippen LogP contribution in [0.25, 0.3) is 0 Å². The van der Waals surface area contributed by atoms with Gasteiger partial charge in [-0.3, -0.25) is 0 Å². The van der Waals surface area contributed by atoms with E-state index in [1.54, 1.807) is 7.11 Å². The Labute approximate surface area is 101 Å². The van der Waals surface area contributed by atoms with Crippen LogP contribution in [0.1, 0.15) is 12.0 Å². The molecule has 0 saturated carbocycles. The SMILES string of the molecule is COc1ccc(CNC(=O)NCCCO)cc1.